The maximum absolute atomic E-state index is 13.0. The van der Waals surface area contributed by atoms with E-state index in [1.807, 2.05) is 18.3 Å². The van der Waals surface area contributed by atoms with Crippen LogP contribution in [-0.2, 0) is 4.79 Å². The van der Waals surface area contributed by atoms with Crippen molar-refractivity contribution in [2.24, 2.45) is 0 Å². The molecule has 1 amide bonds. The third-order valence-electron chi connectivity index (χ3n) is 3.22. The highest BCUT2D eigenvalue weighted by Gasteiger charge is 2.15. The molecule has 116 valence electrons. The number of nitrogens with one attached hydrogen (secondary N) is 1. The van der Waals surface area contributed by atoms with Gasteiger partial charge in [-0.3, -0.25) is 4.79 Å². The SMILES string of the molecule is C[C@@H]([NH2+]CC(=O)Nc1cccc(F)c1)c1ccc(Cl)cc1Cl. The summed E-state index contributed by atoms with van der Waals surface area (Å²) in [5.41, 5.74) is 1.35. The Hall–Kier alpha value is -1.62. The lowest BCUT2D eigenvalue weighted by Crippen LogP contribution is -2.86. The van der Waals surface area contributed by atoms with E-state index in [-0.39, 0.29) is 24.3 Å². The predicted molar refractivity (Wildman–Crippen MR) is 86.7 cm³/mol. The van der Waals surface area contributed by atoms with Gasteiger partial charge < -0.3 is 10.6 Å². The first-order valence-corrected chi connectivity index (χ1v) is 7.55. The molecule has 0 saturated carbocycles. The molecule has 0 saturated heterocycles. The second kappa shape index (κ2) is 7.58. The summed E-state index contributed by atoms with van der Waals surface area (Å²) in [6.45, 7) is 2.15. The molecule has 0 spiro atoms. The number of benzene rings is 2. The van der Waals surface area contributed by atoms with E-state index in [0.29, 0.717) is 15.7 Å². The summed E-state index contributed by atoms with van der Waals surface area (Å²) in [4.78, 5) is 11.9. The summed E-state index contributed by atoms with van der Waals surface area (Å²) in [7, 11) is 0. The molecule has 0 aliphatic rings. The molecule has 0 fully saturated rings. The van der Waals surface area contributed by atoms with Gasteiger partial charge in [-0.2, -0.15) is 0 Å². The molecule has 2 aromatic carbocycles. The van der Waals surface area contributed by atoms with Crippen LogP contribution >= 0.6 is 23.2 Å². The Bertz CT molecular complexity index is 679. The van der Waals surface area contributed by atoms with Crippen molar-refractivity contribution >= 4 is 34.8 Å². The van der Waals surface area contributed by atoms with E-state index in [1.165, 1.54) is 12.1 Å². The number of nitrogens with two attached hydrogens (primary N) is 1. The van der Waals surface area contributed by atoms with Crippen molar-refractivity contribution < 1.29 is 14.5 Å². The highest BCUT2D eigenvalue weighted by Crippen LogP contribution is 2.24. The summed E-state index contributed by atoms with van der Waals surface area (Å²) in [5.74, 6) is -0.592. The molecule has 3 N–H and O–H groups in total. The van der Waals surface area contributed by atoms with Crippen LogP contribution in [0.25, 0.3) is 0 Å². The third-order valence-corrected chi connectivity index (χ3v) is 3.78. The Morgan fingerprint density at radius 2 is 2.05 bits per heavy atom. The molecule has 0 aromatic heterocycles. The van der Waals surface area contributed by atoms with Crippen molar-refractivity contribution in [2.75, 3.05) is 11.9 Å². The standard InChI is InChI=1S/C16H15Cl2FN2O/c1-10(14-6-5-11(17)7-15(14)18)20-9-16(22)21-13-4-2-3-12(19)8-13/h2-8,10,20H,9H2,1H3,(H,21,22)/p+1/t10-/m1/s1. The van der Waals surface area contributed by atoms with Crippen LogP contribution in [0.4, 0.5) is 10.1 Å². The highest BCUT2D eigenvalue weighted by atomic mass is 35.5. The van der Waals surface area contributed by atoms with E-state index in [4.69, 9.17) is 23.2 Å². The van der Waals surface area contributed by atoms with Crippen LogP contribution in [-0.4, -0.2) is 12.5 Å². The normalized spacial score (nSPS) is 12.0. The minimum absolute atomic E-state index is 0.00280. The summed E-state index contributed by atoms with van der Waals surface area (Å²) >= 11 is 12.0. The number of carbonyl (C=O) groups excluding carboxylic acids is 1. The molecule has 22 heavy (non-hydrogen) atoms. The maximum atomic E-state index is 13.0. The van der Waals surface area contributed by atoms with Gasteiger partial charge in [-0.1, -0.05) is 35.3 Å². The van der Waals surface area contributed by atoms with Gasteiger partial charge in [0, 0.05) is 16.3 Å². The minimum Gasteiger partial charge on any atom is -0.332 e. The van der Waals surface area contributed by atoms with Crippen LogP contribution in [0, 0.1) is 5.82 Å². The predicted octanol–water partition coefficient (Wildman–Crippen LogP) is 3.40. The quantitative estimate of drug-likeness (QED) is 0.860. The molecule has 1 atom stereocenters. The van der Waals surface area contributed by atoms with Crippen LogP contribution in [0.1, 0.15) is 18.5 Å². The van der Waals surface area contributed by atoms with Crippen LogP contribution in [0.15, 0.2) is 42.5 Å². The van der Waals surface area contributed by atoms with E-state index in [0.717, 1.165) is 5.56 Å². The Balaban J connectivity index is 1.90. The van der Waals surface area contributed by atoms with E-state index < -0.39 is 0 Å². The van der Waals surface area contributed by atoms with Gasteiger partial charge in [-0.05, 0) is 37.3 Å². The average Bonchev–Trinajstić information content (AvgIpc) is 2.45. The smallest absolute Gasteiger partial charge is 0.279 e. The summed E-state index contributed by atoms with van der Waals surface area (Å²) in [6.07, 6.45) is 0. The molecule has 6 heteroatoms. The lowest BCUT2D eigenvalue weighted by atomic mass is 10.1. The van der Waals surface area contributed by atoms with Crippen LogP contribution in [0.3, 0.4) is 0 Å². The van der Waals surface area contributed by atoms with Crippen molar-refractivity contribution in [3.05, 3.63) is 63.9 Å². The van der Waals surface area contributed by atoms with Gasteiger partial charge in [0.25, 0.3) is 5.91 Å². The van der Waals surface area contributed by atoms with Gasteiger partial charge in [0.1, 0.15) is 11.9 Å². The van der Waals surface area contributed by atoms with Gasteiger partial charge in [0.2, 0.25) is 0 Å². The van der Waals surface area contributed by atoms with Crippen LogP contribution < -0.4 is 10.6 Å². The summed E-state index contributed by atoms with van der Waals surface area (Å²) in [5, 5.41) is 5.64. The molecule has 2 aromatic rings. The van der Waals surface area contributed by atoms with Crippen molar-refractivity contribution in [1.29, 1.82) is 0 Å². The molecule has 0 heterocycles. The summed E-state index contributed by atoms with van der Waals surface area (Å²) < 4.78 is 13.0. The topological polar surface area (TPSA) is 45.7 Å². The van der Waals surface area contributed by atoms with E-state index in [1.54, 1.807) is 24.3 Å². The number of halogens is 3. The number of rotatable bonds is 5. The second-order valence-corrected chi connectivity index (χ2v) is 5.80. The number of hydrogen-bond acceptors (Lipinski definition) is 1. The zero-order valence-corrected chi connectivity index (χ0v) is 13.5. The van der Waals surface area contributed by atoms with Crippen molar-refractivity contribution in [3.8, 4) is 0 Å². The molecule has 0 aliphatic carbocycles. The van der Waals surface area contributed by atoms with E-state index >= 15 is 0 Å². The first-order valence-electron chi connectivity index (χ1n) is 6.79. The minimum atomic E-state index is -0.386. The Kier molecular flexibility index (Phi) is 5.77. The zero-order valence-electron chi connectivity index (χ0n) is 11.9. The fraction of sp³-hybridized carbons (Fsp3) is 0.188. The Morgan fingerprint density at radius 1 is 1.27 bits per heavy atom. The molecule has 0 aliphatic heterocycles. The van der Waals surface area contributed by atoms with Crippen LogP contribution in [0.2, 0.25) is 10.0 Å². The van der Waals surface area contributed by atoms with Crippen molar-refractivity contribution in [1.82, 2.24) is 0 Å². The maximum Gasteiger partial charge on any atom is 0.279 e. The number of quaternary nitrogens is 1. The molecule has 2 rings (SSSR count). The van der Waals surface area contributed by atoms with Crippen molar-refractivity contribution in [3.63, 3.8) is 0 Å². The molecule has 0 unspecified atom stereocenters. The van der Waals surface area contributed by atoms with E-state index in [2.05, 4.69) is 5.32 Å². The molecule has 0 bridgehead atoms. The fourth-order valence-corrected chi connectivity index (χ4v) is 2.64. The average molecular weight is 342 g/mol. The largest absolute Gasteiger partial charge is 0.332 e. The summed E-state index contributed by atoms with van der Waals surface area (Å²) in [6, 6.07) is 11.1. The third kappa shape index (κ3) is 4.70. The molecule has 3 nitrogen and oxygen atoms in total. The first kappa shape index (κ1) is 16.7. The van der Waals surface area contributed by atoms with Crippen LogP contribution in [0.5, 0.6) is 0 Å². The van der Waals surface area contributed by atoms with Gasteiger partial charge in [-0.15, -0.1) is 0 Å². The Labute approximate surface area is 138 Å². The van der Waals surface area contributed by atoms with Gasteiger partial charge in [-0.25, -0.2) is 4.39 Å². The number of carbonyl (C=O) groups is 1. The number of amides is 1. The lowest BCUT2D eigenvalue weighted by molar-refractivity contribution is -0.682. The van der Waals surface area contributed by atoms with E-state index in [9.17, 15) is 9.18 Å². The second-order valence-electron chi connectivity index (χ2n) is 4.95. The van der Waals surface area contributed by atoms with Gasteiger partial charge in [0.05, 0.1) is 5.02 Å². The van der Waals surface area contributed by atoms with Gasteiger partial charge >= 0.3 is 0 Å². The zero-order chi connectivity index (χ0) is 16.1. The lowest BCUT2D eigenvalue weighted by Gasteiger charge is -2.13. The fourth-order valence-electron chi connectivity index (χ4n) is 2.06. The van der Waals surface area contributed by atoms with Crippen molar-refractivity contribution in [2.45, 2.75) is 13.0 Å². The molecule has 0 radical (unpaired) electrons. The molecular weight excluding hydrogens is 326 g/mol. The monoisotopic (exact) mass is 341 g/mol. The number of hydrogen-bond donors (Lipinski definition) is 2. The highest BCUT2D eigenvalue weighted by molar-refractivity contribution is 6.35. The molecular formula is C16H16Cl2FN2O+. The number of anilines is 1. The van der Waals surface area contributed by atoms with Gasteiger partial charge in [0.15, 0.2) is 6.54 Å². The Morgan fingerprint density at radius 3 is 2.73 bits per heavy atom. The first-order chi connectivity index (χ1) is 10.5.